The van der Waals surface area contributed by atoms with Crippen LogP contribution in [0.5, 0.6) is 0 Å². The second-order valence-corrected chi connectivity index (χ2v) is 6.69. The maximum atomic E-state index is 12.7. The van der Waals surface area contributed by atoms with Crippen LogP contribution in [0.15, 0.2) is 18.3 Å². The number of aromatic nitrogens is 1. The Kier molecular flexibility index (Phi) is 4.14. The molecular weight excluding hydrogens is 278 g/mol. The molecular formula is C17H23N3O2. The molecule has 118 valence electrons. The monoisotopic (exact) mass is 301 g/mol. The third kappa shape index (κ3) is 2.98. The van der Waals surface area contributed by atoms with E-state index in [9.17, 15) is 9.59 Å². The molecule has 1 saturated carbocycles. The normalized spacial score (nSPS) is 20.8. The topological polar surface area (TPSA) is 76.3 Å². The van der Waals surface area contributed by atoms with Crippen molar-refractivity contribution < 1.29 is 9.59 Å². The van der Waals surface area contributed by atoms with E-state index in [1.54, 1.807) is 12.1 Å². The summed E-state index contributed by atoms with van der Waals surface area (Å²) in [7, 11) is 0. The van der Waals surface area contributed by atoms with Crippen molar-refractivity contribution >= 4 is 11.8 Å². The maximum absolute atomic E-state index is 12.7. The van der Waals surface area contributed by atoms with Crippen molar-refractivity contribution in [3.63, 3.8) is 0 Å². The minimum absolute atomic E-state index is 0.0272. The Hall–Kier alpha value is -1.91. The Morgan fingerprint density at radius 3 is 2.45 bits per heavy atom. The lowest BCUT2D eigenvalue weighted by atomic mass is 9.69. The molecule has 1 saturated heterocycles. The Labute approximate surface area is 130 Å². The van der Waals surface area contributed by atoms with Gasteiger partial charge in [-0.15, -0.1) is 0 Å². The van der Waals surface area contributed by atoms with Gasteiger partial charge in [-0.1, -0.05) is 19.3 Å². The molecule has 0 atom stereocenters. The van der Waals surface area contributed by atoms with E-state index >= 15 is 0 Å². The van der Waals surface area contributed by atoms with Crippen molar-refractivity contribution in [3.8, 4) is 0 Å². The molecule has 0 unspecified atom stereocenters. The minimum Gasteiger partial charge on any atom is -0.366 e. The quantitative estimate of drug-likeness (QED) is 0.911. The van der Waals surface area contributed by atoms with Crippen molar-refractivity contribution in [3.05, 3.63) is 29.6 Å². The minimum atomic E-state index is -0.523. The zero-order valence-electron chi connectivity index (χ0n) is 12.9. The van der Waals surface area contributed by atoms with Crippen molar-refractivity contribution in [1.29, 1.82) is 0 Å². The number of nitrogens with two attached hydrogens (primary N) is 1. The number of rotatable bonds is 2. The summed E-state index contributed by atoms with van der Waals surface area (Å²) < 4.78 is 0. The van der Waals surface area contributed by atoms with Crippen LogP contribution >= 0.6 is 0 Å². The summed E-state index contributed by atoms with van der Waals surface area (Å²) in [6, 6.07) is 3.17. The highest BCUT2D eigenvalue weighted by Gasteiger charge is 2.38. The molecule has 0 bridgehead atoms. The van der Waals surface area contributed by atoms with E-state index in [0.717, 1.165) is 19.5 Å². The smallest absolute Gasteiger partial charge is 0.272 e. The second kappa shape index (κ2) is 6.07. The van der Waals surface area contributed by atoms with Crippen LogP contribution in [0.3, 0.4) is 0 Å². The molecule has 2 amide bonds. The second-order valence-electron chi connectivity index (χ2n) is 6.69. The van der Waals surface area contributed by atoms with Crippen LogP contribution in [0.2, 0.25) is 0 Å². The molecule has 5 nitrogen and oxygen atoms in total. The zero-order chi connectivity index (χ0) is 15.6. The fourth-order valence-electron chi connectivity index (χ4n) is 3.92. The highest BCUT2D eigenvalue weighted by atomic mass is 16.2. The lowest BCUT2D eigenvalue weighted by molar-refractivity contribution is 0.0379. The van der Waals surface area contributed by atoms with E-state index in [2.05, 4.69) is 4.98 Å². The number of carbonyl (C=O) groups is 2. The van der Waals surface area contributed by atoms with Gasteiger partial charge in [0.05, 0.1) is 5.56 Å². The Morgan fingerprint density at radius 1 is 1.09 bits per heavy atom. The van der Waals surface area contributed by atoms with Crippen LogP contribution in [0, 0.1) is 5.41 Å². The number of primary amides is 1. The van der Waals surface area contributed by atoms with E-state index in [1.165, 1.54) is 44.7 Å². The maximum Gasteiger partial charge on any atom is 0.272 e. The number of pyridine rings is 1. The number of carbonyl (C=O) groups excluding carboxylic acids is 2. The standard InChI is InChI=1S/C17H23N3O2/c18-15(21)13-5-6-14(19-11-13)16(22)20-10-4-9-17(12-20)7-2-1-3-8-17/h5-6,11H,1-4,7-10,12H2,(H2,18,21). The van der Waals surface area contributed by atoms with Gasteiger partial charge >= 0.3 is 0 Å². The van der Waals surface area contributed by atoms with Crippen LogP contribution in [-0.4, -0.2) is 34.8 Å². The first kappa shape index (κ1) is 15.0. The van der Waals surface area contributed by atoms with Crippen LogP contribution in [0.1, 0.15) is 65.8 Å². The number of hydrogen-bond acceptors (Lipinski definition) is 3. The average Bonchev–Trinajstić information content (AvgIpc) is 2.55. The average molecular weight is 301 g/mol. The molecule has 1 aliphatic heterocycles. The van der Waals surface area contributed by atoms with Gasteiger partial charge in [-0.25, -0.2) is 0 Å². The molecule has 1 aliphatic carbocycles. The first-order valence-corrected chi connectivity index (χ1v) is 8.15. The summed E-state index contributed by atoms with van der Waals surface area (Å²) in [6.07, 6.45) is 10.1. The number of piperidine rings is 1. The Balaban J connectivity index is 1.72. The first-order valence-electron chi connectivity index (χ1n) is 8.15. The van der Waals surface area contributed by atoms with Gasteiger partial charge in [-0.2, -0.15) is 0 Å². The van der Waals surface area contributed by atoms with Crippen LogP contribution in [0.4, 0.5) is 0 Å². The molecule has 1 aromatic rings. The number of likely N-dealkylation sites (tertiary alicyclic amines) is 1. The summed E-state index contributed by atoms with van der Waals surface area (Å²) in [4.78, 5) is 29.8. The lowest BCUT2D eigenvalue weighted by Gasteiger charge is -2.45. The van der Waals surface area contributed by atoms with Gasteiger partial charge in [0.2, 0.25) is 5.91 Å². The van der Waals surface area contributed by atoms with E-state index in [1.807, 2.05) is 4.90 Å². The number of amides is 2. The molecule has 2 aliphatic rings. The van der Waals surface area contributed by atoms with E-state index in [-0.39, 0.29) is 5.91 Å². The lowest BCUT2D eigenvalue weighted by Crippen LogP contribution is -2.47. The first-order chi connectivity index (χ1) is 10.6. The predicted octanol–water partition coefficient (Wildman–Crippen LogP) is 2.37. The van der Waals surface area contributed by atoms with Crippen molar-refractivity contribution in [2.45, 2.75) is 44.9 Å². The van der Waals surface area contributed by atoms with Gasteiger partial charge in [0, 0.05) is 19.3 Å². The van der Waals surface area contributed by atoms with Crippen molar-refractivity contribution in [2.75, 3.05) is 13.1 Å². The molecule has 1 spiro atoms. The third-order valence-electron chi connectivity index (χ3n) is 5.13. The van der Waals surface area contributed by atoms with Gasteiger partial charge in [-0.05, 0) is 43.2 Å². The van der Waals surface area contributed by atoms with E-state index < -0.39 is 5.91 Å². The van der Waals surface area contributed by atoms with Gasteiger partial charge in [-0.3, -0.25) is 14.6 Å². The largest absolute Gasteiger partial charge is 0.366 e. The van der Waals surface area contributed by atoms with Gasteiger partial charge < -0.3 is 10.6 Å². The molecule has 22 heavy (non-hydrogen) atoms. The van der Waals surface area contributed by atoms with E-state index in [4.69, 9.17) is 5.73 Å². The van der Waals surface area contributed by atoms with Crippen molar-refractivity contribution in [2.24, 2.45) is 11.1 Å². The van der Waals surface area contributed by atoms with Gasteiger partial charge in [0.1, 0.15) is 5.69 Å². The summed E-state index contributed by atoms with van der Waals surface area (Å²) in [5.41, 5.74) is 6.27. The molecule has 1 aromatic heterocycles. The SMILES string of the molecule is NC(=O)c1ccc(C(=O)N2CCCC3(CCCCC3)C2)nc1. The summed E-state index contributed by atoms with van der Waals surface area (Å²) in [5, 5.41) is 0. The van der Waals surface area contributed by atoms with Gasteiger partial charge in [0.15, 0.2) is 0 Å². The molecule has 3 rings (SSSR count). The van der Waals surface area contributed by atoms with E-state index in [0.29, 0.717) is 16.7 Å². The van der Waals surface area contributed by atoms with Crippen LogP contribution in [-0.2, 0) is 0 Å². The molecule has 0 radical (unpaired) electrons. The van der Waals surface area contributed by atoms with Gasteiger partial charge in [0.25, 0.3) is 5.91 Å². The van der Waals surface area contributed by atoms with Crippen LogP contribution in [0.25, 0.3) is 0 Å². The molecule has 5 heteroatoms. The zero-order valence-corrected chi connectivity index (χ0v) is 12.9. The number of nitrogens with zero attached hydrogens (tertiary/aromatic N) is 2. The van der Waals surface area contributed by atoms with Crippen molar-refractivity contribution in [1.82, 2.24) is 9.88 Å². The molecule has 2 heterocycles. The van der Waals surface area contributed by atoms with Crippen LogP contribution < -0.4 is 5.73 Å². The highest BCUT2D eigenvalue weighted by Crippen LogP contribution is 2.43. The fourth-order valence-corrected chi connectivity index (χ4v) is 3.92. The third-order valence-corrected chi connectivity index (χ3v) is 5.13. The highest BCUT2D eigenvalue weighted by molar-refractivity contribution is 5.95. The Morgan fingerprint density at radius 2 is 1.82 bits per heavy atom. The predicted molar refractivity (Wildman–Crippen MR) is 83.4 cm³/mol. The summed E-state index contributed by atoms with van der Waals surface area (Å²) in [6.45, 7) is 1.66. The summed E-state index contributed by atoms with van der Waals surface area (Å²) >= 11 is 0. The number of hydrogen-bond donors (Lipinski definition) is 1. The Bertz CT molecular complexity index is 556. The molecule has 2 N–H and O–H groups in total. The molecule has 2 fully saturated rings. The fraction of sp³-hybridized carbons (Fsp3) is 0.588. The summed E-state index contributed by atoms with van der Waals surface area (Å²) in [5.74, 6) is -0.550. The molecule has 0 aromatic carbocycles.